The minimum atomic E-state index is -1.19. The molecule has 18 heavy (non-hydrogen) atoms. The van der Waals surface area contributed by atoms with E-state index < -0.39 is 11.9 Å². The number of hydrogen-bond acceptors (Lipinski definition) is 4. The summed E-state index contributed by atoms with van der Waals surface area (Å²) in [7, 11) is 1.24. The molecule has 0 saturated carbocycles. The molecule has 5 nitrogen and oxygen atoms in total. The van der Waals surface area contributed by atoms with E-state index in [-0.39, 0.29) is 11.3 Å². The minimum Gasteiger partial charge on any atom is -0.477 e. The minimum absolute atomic E-state index is 0.182. The smallest absolute Gasteiger partial charge is 0.354 e. The molecule has 0 amide bonds. The van der Waals surface area contributed by atoms with E-state index >= 15 is 0 Å². The van der Waals surface area contributed by atoms with Crippen LogP contribution < -0.4 is 0 Å². The molecule has 0 unspecified atom stereocenters. The van der Waals surface area contributed by atoms with E-state index in [0.717, 1.165) is 4.47 Å². The number of carbonyl (C=O) groups excluding carboxylic acids is 1. The zero-order valence-electron chi connectivity index (χ0n) is 9.31. The third-order valence-corrected chi connectivity index (χ3v) is 2.89. The number of nitrogens with zero attached hydrogens (tertiary/aromatic N) is 1. The van der Waals surface area contributed by atoms with Crippen LogP contribution in [0.3, 0.4) is 0 Å². The highest BCUT2D eigenvalue weighted by Gasteiger charge is 2.16. The number of benzene rings is 1. The molecule has 1 N–H and O–H groups in total. The van der Waals surface area contributed by atoms with E-state index in [4.69, 9.17) is 5.11 Å². The van der Waals surface area contributed by atoms with E-state index in [0.29, 0.717) is 10.9 Å². The summed E-state index contributed by atoms with van der Waals surface area (Å²) in [6.45, 7) is 0. The lowest BCUT2D eigenvalue weighted by molar-refractivity contribution is 0.0603. The maximum absolute atomic E-state index is 11.7. The molecule has 6 heteroatoms. The second-order valence-electron chi connectivity index (χ2n) is 3.51. The first-order valence-electron chi connectivity index (χ1n) is 4.95. The van der Waals surface area contributed by atoms with Crippen molar-refractivity contribution in [3.05, 3.63) is 40.0 Å². The van der Waals surface area contributed by atoms with Gasteiger partial charge in [0.1, 0.15) is 5.69 Å². The van der Waals surface area contributed by atoms with Crippen molar-refractivity contribution >= 4 is 38.8 Å². The summed E-state index contributed by atoms with van der Waals surface area (Å²) in [6, 6.07) is 6.27. The van der Waals surface area contributed by atoms with Gasteiger partial charge in [-0.2, -0.15) is 0 Å². The monoisotopic (exact) mass is 309 g/mol. The Kier molecular flexibility index (Phi) is 3.29. The van der Waals surface area contributed by atoms with Gasteiger partial charge in [-0.15, -0.1) is 0 Å². The second kappa shape index (κ2) is 4.73. The fraction of sp³-hybridized carbons (Fsp3) is 0.0833. The predicted molar refractivity (Wildman–Crippen MR) is 67.7 cm³/mol. The van der Waals surface area contributed by atoms with Crippen molar-refractivity contribution in [2.75, 3.05) is 7.11 Å². The van der Waals surface area contributed by atoms with Gasteiger partial charge >= 0.3 is 11.9 Å². The molecule has 92 valence electrons. The van der Waals surface area contributed by atoms with Crippen LogP contribution in [0.25, 0.3) is 10.9 Å². The fourth-order valence-corrected chi connectivity index (χ4v) is 1.95. The Bertz CT molecular complexity index is 654. The van der Waals surface area contributed by atoms with Gasteiger partial charge in [-0.25, -0.2) is 14.6 Å². The molecule has 0 fully saturated rings. The molecular formula is C12H8BrNO4. The Balaban J connectivity index is 2.81. The lowest BCUT2D eigenvalue weighted by atomic mass is 10.1. The number of pyridine rings is 1. The van der Waals surface area contributed by atoms with Crippen LogP contribution in [0.5, 0.6) is 0 Å². The highest BCUT2D eigenvalue weighted by Crippen LogP contribution is 2.23. The molecule has 0 atom stereocenters. The van der Waals surface area contributed by atoms with Crippen molar-refractivity contribution in [3.63, 3.8) is 0 Å². The molecule has 0 bridgehead atoms. The van der Waals surface area contributed by atoms with Crippen LogP contribution in [0.2, 0.25) is 0 Å². The lowest BCUT2D eigenvalue weighted by Crippen LogP contribution is -2.08. The van der Waals surface area contributed by atoms with Crippen LogP contribution in [0.4, 0.5) is 0 Å². The van der Waals surface area contributed by atoms with Gasteiger partial charge in [0.25, 0.3) is 0 Å². The molecule has 0 spiro atoms. The normalized spacial score (nSPS) is 10.3. The van der Waals surface area contributed by atoms with Gasteiger partial charge in [0.15, 0.2) is 0 Å². The summed E-state index contributed by atoms with van der Waals surface area (Å²) in [5, 5.41) is 9.50. The fourth-order valence-electron chi connectivity index (χ4n) is 1.59. The highest BCUT2D eigenvalue weighted by molar-refractivity contribution is 9.10. The number of aromatic carboxylic acids is 1. The number of halogens is 1. The van der Waals surface area contributed by atoms with Crippen LogP contribution in [0, 0.1) is 0 Å². The van der Waals surface area contributed by atoms with Crippen molar-refractivity contribution < 1.29 is 19.4 Å². The molecule has 0 aliphatic rings. The summed E-state index contributed by atoms with van der Waals surface area (Å²) in [6.07, 6.45) is 0. The lowest BCUT2D eigenvalue weighted by Gasteiger charge is -2.06. The van der Waals surface area contributed by atoms with Gasteiger partial charge < -0.3 is 9.84 Å². The molecule has 1 heterocycles. The molecule has 2 rings (SSSR count). The average Bonchev–Trinajstić information content (AvgIpc) is 2.36. The third-order valence-electron chi connectivity index (χ3n) is 2.40. The van der Waals surface area contributed by atoms with Gasteiger partial charge in [0, 0.05) is 9.86 Å². The summed E-state index contributed by atoms with van der Waals surface area (Å²) < 4.78 is 5.41. The van der Waals surface area contributed by atoms with E-state index in [1.165, 1.54) is 13.2 Å². The topological polar surface area (TPSA) is 76.5 Å². The predicted octanol–water partition coefficient (Wildman–Crippen LogP) is 2.48. The third kappa shape index (κ3) is 2.19. The highest BCUT2D eigenvalue weighted by atomic mass is 79.9. The van der Waals surface area contributed by atoms with Crippen LogP contribution in [0.1, 0.15) is 20.8 Å². The van der Waals surface area contributed by atoms with Crippen molar-refractivity contribution in [3.8, 4) is 0 Å². The molecule has 0 saturated heterocycles. The van der Waals surface area contributed by atoms with Crippen LogP contribution >= 0.6 is 15.9 Å². The van der Waals surface area contributed by atoms with Gasteiger partial charge in [0.05, 0.1) is 18.2 Å². The largest absolute Gasteiger partial charge is 0.477 e. The van der Waals surface area contributed by atoms with E-state index in [1.54, 1.807) is 18.2 Å². The maximum Gasteiger partial charge on any atom is 0.354 e. The molecular weight excluding hydrogens is 302 g/mol. The van der Waals surface area contributed by atoms with Gasteiger partial charge in [-0.3, -0.25) is 0 Å². The van der Waals surface area contributed by atoms with Gasteiger partial charge in [0.2, 0.25) is 0 Å². The number of carbonyl (C=O) groups is 2. The van der Waals surface area contributed by atoms with Crippen molar-refractivity contribution in [2.45, 2.75) is 0 Å². The van der Waals surface area contributed by atoms with Crippen molar-refractivity contribution in [2.24, 2.45) is 0 Å². The maximum atomic E-state index is 11.7. The first-order chi connectivity index (χ1) is 8.52. The number of esters is 1. The van der Waals surface area contributed by atoms with E-state index in [9.17, 15) is 9.59 Å². The standard InChI is InChI=1S/C12H8BrNO4/c1-18-12(17)8-5-10(11(15)16)14-9-3-2-6(13)4-7(8)9/h2-5H,1H3,(H,15,16). The number of rotatable bonds is 2. The number of hydrogen-bond donors (Lipinski definition) is 1. The quantitative estimate of drug-likeness (QED) is 0.862. The Hall–Kier alpha value is -1.95. The number of ether oxygens (including phenoxy) is 1. The number of aromatic nitrogens is 1. The van der Waals surface area contributed by atoms with Crippen molar-refractivity contribution in [1.82, 2.24) is 4.98 Å². The average molecular weight is 310 g/mol. The Labute approximate surface area is 111 Å². The SMILES string of the molecule is COC(=O)c1cc(C(=O)O)nc2ccc(Br)cc12. The van der Waals surface area contributed by atoms with Gasteiger partial charge in [-0.05, 0) is 24.3 Å². The first kappa shape index (κ1) is 12.5. The molecule has 1 aromatic carbocycles. The summed E-state index contributed by atoms with van der Waals surface area (Å²) in [5.74, 6) is -1.78. The zero-order valence-corrected chi connectivity index (χ0v) is 10.9. The van der Waals surface area contributed by atoms with Crippen molar-refractivity contribution in [1.29, 1.82) is 0 Å². The molecule has 1 aromatic heterocycles. The zero-order chi connectivity index (χ0) is 13.3. The number of carboxylic acids is 1. The number of fused-ring (bicyclic) bond motifs is 1. The van der Waals surface area contributed by atoms with E-state index in [1.807, 2.05) is 0 Å². The summed E-state index contributed by atoms with van der Waals surface area (Å²) in [4.78, 5) is 26.6. The first-order valence-corrected chi connectivity index (χ1v) is 5.74. The molecule has 2 aromatic rings. The van der Waals surface area contributed by atoms with Crippen LogP contribution in [-0.4, -0.2) is 29.1 Å². The number of carboxylic acid groups (broad SMARTS) is 1. The molecule has 0 radical (unpaired) electrons. The van der Waals surface area contributed by atoms with Crippen LogP contribution in [-0.2, 0) is 4.74 Å². The Morgan fingerprint density at radius 2 is 2.06 bits per heavy atom. The summed E-state index contributed by atoms with van der Waals surface area (Å²) in [5.41, 5.74) is 0.421. The Morgan fingerprint density at radius 3 is 2.67 bits per heavy atom. The number of methoxy groups -OCH3 is 1. The summed E-state index contributed by atoms with van der Waals surface area (Å²) >= 11 is 3.29. The van der Waals surface area contributed by atoms with Crippen LogP contribution in [0.15, 0.2) is 28.7 Å². The van der Waals surface area contributed by atoms with Gasteiger partial charge in [-0.1, -0.05) is 15.9 Å². The second-order valence-corrected chi connectivity index (χ2v) is 4.43. The Morgan fingerprint density at radius 1 is 1.33 bits per heavy atom. The molecule has 0 aliphatic heterocycles. The molecule has 0 aliphatic carbocycles. The van der Waals surface area contributed by atoms with E-state index in [2.05, 4.69) is 25.7 Å².